The average Bonchev–Trinajstić information content (AvgIpc) is 2.84. The molecule has 3 aliphatic carbocycles. The zero-order valence-electron chi connectivity index (χ0n) is 14.2. The van der Waals surface area contributed by atoms with Crippen LogP contribution < -0.4 is 10.5 Å². The maximum atomic E-state index is 12.4. The maximum Gasteiger partial charge on any atom is 0.142 e. The van der Waals surface area contributed by atoms with Crippen LogP contribution >= 0.6 is 0 Å². The van der Waals surface area contributed by atoms with Crippen molar-refractivity contribution in [2.45, 2.75) is 58.3 Å². The largest absolute Gasteiger partial charge is 0.492 e. The number of anilines is 1. The summed E-state index contributed by atoms with van der Waals surface area (Å²) in [6.45, 7) is 4.87. The predicted octanol–water partition coefficient (Wildman–Crippen LogP) is 4.09. The summed E-state index contributed by atoms with van der Waals surface area (Å²) in [5.74, 6) is 3.17. The predicted molar refractivity (Wildman–Crippen MR) is 91.6 cm³/mol. The van der Waals surface area contributed by atoms with Gasteiger partial charge in [-0.2, -0.15) is 0 Å². The molecule has 3 aliphatic rings. The Morgan fingerprint density at radius 3 is 2.87 bits per heavy atom. The van der Waals surface area contributed by atoms with Gasteiger partial charge in [0, 0.05) is 11.8 Å². The second kappa shape index (κ2) is 5.25. The normalized spacial score (nSPS) is 35.4. The van der Waals surface area contributed by atoms with Crippen molar-refractivity contribution in [1.82, 2.24) is 0 Å². The van der Waals surface area contributed by atoms with E-state index < -0.39 is 0 Å². The third kappa shape index (κ3) is 2.12. The van der Waals surface area contributed by atoms with Gasteiger partial charge in [-0.25, -0.2) is 0 Å². The molecule has 0 aliphatic heterocycles. The number of ketones is 1. The third-order valence-corrected chi connectivity index (χ3v) is 6.86. The Morgan fingerprint density at radius 1 is 1.26 bits per heavy atom. The molecule has 0 unspecified atom stereocenters. The van der Waals surface area contributed by atoms with E-state index in [2.05, 4.69) is 19.1 Å². The van der Waals surface area contributed by atoms with Gasteiger partial charge in [0.1, 0.15) is 11.5 Å². The van der Waals surface area contributed by atoms with Crippen LogP contribution in [0.2, 0.25) is 0 Å². The molecule has 0 heterocycles. The van der Waals surface area contributed by atoms with Crippen LogP contribution in [0.4, 0.5) is 5.69 Å². The number of nitrogen functional groups attached to an aromatic ring is 1. The average molecular weight is 313 g/mol. The van der Waals surface area contributed by atoms with E-state index in [0.29, 0.717) is 30.1 Å². The van der Waals surface area contributed by atoms with Crippen LogP contribution in [0.5, 0.6) is 5.75 Å². The monoisotopic (exact) mass is 313 g/mol. The van der Waals surface area contributed by atoms with Crippen molar-refractivity contribution in [3.63, 3.8) is 0 Å². The Balaban J connectivity index is 1.71. The lowest BCUT2D eigenvalue weighted by Gasteiger charge is -2.48. The summed E-state index contributed by atoms with van der Waals surface area (Å²) in [5.41, 5.74) is 9.72. The molecule has 2 fully saturated rings. The van der Waals surface area contributed by atoms with Gasteiger partial charge in [0.2, 0.25) is 0 Å². The smallest absolute Gasteiger partial charge is 0.142 e. The van der Waals surface area contributed by atoms with Crippen LogP contribution in [-0.4, -0.2) is 12.4 Å². The first-order valence-corrected chi connectivity index (χ1v) is 9.13. The van der Waals surface area contributed by atoms with Gasteiger partial charge in [0.25, 0.3) is 0 Å². The van der Waals surface area contributed by atoms with E-state index in [1.807, 2.05) is 6.92 Å². The van der Waals surface area contributed by atoms with Gasteiger partial charge in [-0.15, -0.1) is 0 Å². The van der Waals surface area contributed by atoms with E-state index in [0.717, 1.165) is 43.5 Å². The van der Waals surface area contributed by atoms with Gasteiger partial charge in [-0.3, -0.25) is 4.79 Å². The summed E-state index contributed by atoms with van der Waals surface area (Å²) in [4.78, 5) is 12.4. The van der Waals surface area contributed by atoms with E-state index in [4.69, 9.17) is 10.5 Å². The first-order valence-electron chi connectivity index (χ1n) is 9.13. The number of carbonyl (C=O) groups is 1. The Hall–Kier alpha value is -1.51. The van der Waals surface area contributed by atoms with Crippen molar-refractivity contribution in [3.05, 3.63) is 23.3 Å². The Morgan fingerprint density at radius 2 is 2.09 bits per heavy atom. The van der Waals surface area contributed by atoms with E-state index in [1.165, 1.54) is 17.5 Å². The number of Topliss-reactive ketones (excluding diaryl/α,β-unsaturated/α-hetero) is 1. The van der Waals surface area contributed by atoms with Crippen LogP contribution in [0.25, 0.3) is 0 Å². The lowest BCUT2D eigenvalue weighted by molar-refractivity contribution is -0.129. The van der Waals surface area contributed by atoms with Crippen molar-refractivity contribution in [2.75, 3.05) is 12.3 Å². The van der Waals surface area contributed by atoms with Crippen LogP contribution in [-0.2, 0) is 11.2 Å². The van der Waals surface area contributed by atoms with Crippen LogP contribution in [0, 0.1) is 17.3 Å². The maximum absolute atomic E-state index is 12.4. The van der Waals surface area contributed by atoms with Gasteiger partial charge in [0.15, 0.2) is 0 Å². The summed E-state index contributed by atoms with van der Waals surface area (Å²) in [6.07, 6.45) is 6.37. The summed E-state index contributed by atoms with van der Waals surface area (Å²) in [7, 11) is 0. The highest BCUT2D eigenvalue weighted by atomic mass is 16.5. The number of rotatable bonds is 2. The molecule has 2 saturated carbocycles. The Kier molecular flexibility index (Phi) is 3.44. The van der Waals surface area contributed by atoms with E-state index in [-0.39, 0.29) is 5.41 Å². The number of hydrogen-bond donors (Lipinski definition) is 1. The number of ether oxygens (including phenoxy) is 1. The molecule has 0 spiro atoms. The van der Waals surface area contributed by atoms with Gasteiger partial charge in [-0.1, -0.05) is 6.92 Å². The number of fused-ring (bicyclic) bond motifs is 5. The number of nitrogens with two attached hydrogens (primary N) is 1. The number of aryl methyl sites for hydroxylation is 1. The Bertz CT molecular complexity index is 653. The summed E-state index contributed by atoms with van der Waals surface area (Å²) < 4.78 is 5.73. The molecule has 3 nitrogen and oxygen atoms in total. The zero-order chi connectivity index (χ0) is 16.2. The van der Waals surface area contributed by atoms with Crippen molar-refractivity contribution >= 4 is 11.5 Å². The molecule has 0 aromatic heterocycles. The highest BCUT2D eigenvalue weighted by Crippen LogP contribution is 2.59. The van der Waals surface area contributed by atoms with Gasteiger partial charge >= 0.3 is 0 Å². The Labute approximate surface area is 138 Å². The molecular formula is C20H27NO2. The molecule has 0 bridgehead atoms. The number of carbonyl (C=O) groups excluding carboxylic acids is 1. The molecule has 3 heteroatoms. The molecule has 1 aromatic carbocycles. The van der Waals surface area contributed by atoms with Crippen molar-refractivity contribution in [3.8, 4) is 5.75 Å². The van der Waals surface area contributed by atoms with Crippen molar-refractivity contribution in [2.24, 2.45) is 17.3 Å². The fraction of sp³-hybridized carbons (Fsp3) is 0.650. The highest BCUT2D eigenvalue weighted by Gasteiger charge is 2.54. The van der Waals surface area contributed by atoms with Crippen LogP contribution in [0.1, 0.15) is 63.0 Å². The second-order valence-electron chi connectivity index (χ2n) is 7.86. The molecule has 4 atom stereocenters. The molecule has 0 saturated heterocycles. The highest BCUT2D eigenvalue weighted by molar-refractivity contribution is 5.87. The van der Waals surface area contributed by atoms with Crippen LogP contribution in [0.15, 0.2) is 12.1 Å². The molecular weight excluding hydrogens is 286 g/mol. The molecule has 4 rings (SSSR count). The SMILES string of the molecule is CCOc1cc2c(cc1N)CC[C@@H]1[C@@H]2CC[C@]2(C)C(=O)CC[C@@H]12. The molecule has 0 amide bonds. The first kappa shape index (κ1) is 15.0. The fourth-order valence-corrected chi connectivity index (χ4v) is 5.67. The topological polar surface area (TPSA) is 52.3 Å². The van der Waals surface area contributed by atoms with Gasteiger partial charge in [-0.05, 0) is 80.0 Å². The molecule has 2 N–H and O–H groups in total. The van der Waals surface area contributed by atoms with Crippen molar-refractivity contribution in [1.29, 1.82) is 0 Å². The summed E-state index contributed by atoms with van der Waals surface area (Å²) in [5, 5.41) is 0. The summed E-state index contributed by atoms with van der Waals surface area (Å²) in [6, 6.07) is 4.33. The van der Waals surface area contributed by atoms with Gasteiger partial charge < -0.3 is 10.5 Å². The summed E-state index contributed by atoms with van der Waals surface area (Å²) >= 11 is 0. The van der Waals surface area contributed by atoms with Gasteiger partial charge in [0.05, 0.1) is 12.3 Å². The molecule has 1 aromatic rings. The first-order chi connectivity index (χ1) is 11.0. The zero-order valence-corrected chi connectivity index (χ0v) is 14.2. The lowest BCUT2D eigenvalue weighted by Crippen LogP contribution is -2.42. The number of benzene rings is 1. The minimum atomic E-state index is -0.0464. The number of hydrogen-bond acceptors (Lipinski definition) is 3. The van der Waals surface area contributed by atoms with Crippen LogP contribution in [0.3, 0.4) is 0 Å². The molecule has 0 radical (unpaired) electrons. The van der Waals surface area contributed by atoms with Crippen molar-refractivity contribution < 1.29 is 9.53 Å². The minimum absolute atomic E-state index is 0.0464. The second-order valence-corrected chi connectivity index (χ2v) is 7.86. The standard InChI is InChI=1S/C20H27NO2/c1-3-23-18-11-15-12(10-17(18)21)4-5-14-13(15)8-9-20(2)16(14)6-7-19(20)22/h10-11,13-14,16H,3-9,21H2,1-2H3/t13-,14+,16-,20-/m0/s1. The van der Waals surface area contributed by atoms with E-state index in [1.54, 1.807) is 0 Å². The fourth-order valence-electron chi connectivity index (χ4n) is 5.67. The third-order valence-electron chi connectivity index (χ3n) is 6.86. The molecule has 124 valence electrons. The lowest BCUT2D eigenvalue weighted by atomic mass is 9.55. The van der Waals surface area contributed by atoms with E-state index in [9.17, 15) is 4.79 Å². The van der Waals surface area contributed by atoms with E-state index >= 15 is 0 Å². The minimum Gasteiger partial charge on any atom is -0.492 e. The molecule has 23 heavy (non-hydrogen) atoms. The quantitative estimate of drug-likeness (QED) is 0.837.